The van der Waals surface area contributed by atoms with Gasteiger partial charge in [-0.2, -0.15) is 13.2 Å². The quantitative estimate of drug-likeness (QED) is 0.462. The van der Waals surface area contributed by atoms with Crippen LogP contribution in [0.2, 0.25) is 0 Å². The third kappa shape index (κ3) is 4.54. The van der Waals surface area contributed by atoms with Gasteiger partial charge in [-0.25, -0.2) is 9.97 Å². The molecule has 32 heavy (non-hydrogen) atoms. The van der Waals surface area contributed by atoms with Crippen molar-refractivity contribution in [2.45, 2.75) is 6.18 Å². The third-order valence-electron chi connectivity index (χ3n) is 5.08. The Balaban J connectivity index is 1.55. The minimum atomic E-state index is -4.62. The number of piperazine rings is 1. The first kappa shape index (κ1) is 21.3. The maximum Gasteiger partial charge on any atom is 0.419 e. The van der Waals surface area contributed by atoms with Gasteiger partial charge >= 0.3 is 6.18 Å². The number of carbonyl (C=O) groups excluding carboxylic acids is 1. The molecule has 9 heteroatoms. The predicted molar refractivity (Wildman–Crippen MR) is 114 cm³/mol. The van der Waals surface area contributed by atoms with Crippen molar-refractivity contribution in [1.29, 1.82) is 0 Å². The Morgan fingerprint density at radius 3 is 2.38 bits per heavy atom. The lowest BCUT2D eigenvalue weighted by atomic mass is 10.0. The maximum atomic E-state index is 13.6. The Bertz CT molecular complexity index is 1160. The lowest BCUT2D eigenvalue weighted by Gasteiger charge is -2.38. The normalized spacial score (nSPS) is 14.0. The summed E-state index contributed by atoms with van der Waals surface area (Å²) in [5, 5.41) is 0. The van der Waals surface area contributed by atoms with Gasteiger partial charge in [-0.15, -0.1) is 0 Å². The minimum absolute atomic E-state index is 0.0189. The van der Waals surface area contributed by atoms with Crippen LogP contribution in [0.15, 0.2) is 55.1 Å². The highest BCUT2D eigenvalue weighted by molar-refractivity contribution is 5.81. The fourth-order valence-electron chi connectivity index (χ4n) is 3.63. The number of aromatic nitrogens is 3. The van der Waals surface area contributed by atoms with Gasteiger partial charge in [-0.1, -0.05) is 18.1 Å². The molecule has 0 unspecified atom stereocenters. The van der Waals surface area contributed by atoms with E-state index in [1.165, 1.54) is 18.2 Å². The van der Waals surface area contributed by atoms with E-state index in [1.54, 1.807) is 35.8 Å². The Kier molecular flexibility index (Phi) is 6.03. The molecule has 1 aliphatic rings. The van der Waals surface area contributed by atoms with Gasteiger partial charge in [0.15, 0.2) is 6.29 Å². The van der Waals surface area contributed by atoms with Gasteiger partial charge in [-0.05, 0) is 24.1 Å². The van der Waals surface area contributed by atoms with E-state index >= 15 is 0 Å². The first-order chi connectivity index (χ1) is 15.5. The number of alkyl halides is 3. The molecule has 1 saturated heterocycles. The molecular formula is C23H18F3N5O. The van der Waals surface area contributed by atoms with Crippen LogP contribution in [-0.4, -0.2) is 47.4 Å². The van der Waals surface area contributed by atoms with Crippen LogP contribution in [0.25, 0.3) is 0 Å². The van der Waals surface area contributed by atoms with E-state index in [4.69, 9.17) is 0 Å². The van der Waals surface area contributed by atoms with Crippen LogP contribution in [0.5, 0.6) is 0 Å². The summed E-state index contributed by atoms with van der Waals surface area (Å²) in [4.78, 5) is 27.4. The van der Waals surface area contributed by atoms with Crippen LogP contribution >= 0.6 is 0 Å². The average Bonchev–Trinajstić information content (AvgIpc) is 2.82. The van der Waals surface area contributed by atoms with Crippen molar-refractivity contribution in [2.75, 3.05) is 36.0 Å². The largest absolute Gasteiger partial charge is 0.419 e. The molecule has 0 spiro atoms. The zero-order valence-electron chi connectivity index (χ0n) is 16.9. The van der Waals surface area contributed by atoms with Gasteiger partial charge in [0.05, 0.1) is 17.3 Å². The van der Waals surface area contributed by atoms with Crippen molar-refractivity contribution < 1.29 is 18.0 Å². The molecule has 1 aliphatic heterocycles. The number of anilines is 2. The number of pyridine rings is 1. The van der Waals surface area contributed by atoms with Crippen LogP contribution in [-0.2, 0) is 6.18 Å². The van der Waals surface area contributed by atoms with Gasteiger partial charge < -0.3 is 9.80 Å². The SMILES string of the molecule is O=Cc1cccc(N2CCN(c3ncccc3C#Cc3cnccn3)CC2)c1C(F)(F)F. The molecule has 0 atom stereocenters. The van der Waals surface area contributed by atoms with Gasteiger partial charge in [0.25, 0.3) is 0 Å². The van der Waals surface area contributed by atoms with Gasteiger partial charge in [-0.3, -0.25) is 9.78 Å². The average molecular weight is 437 g/mol. The number of aldehydes is 1. The number of benzene rings is 1. The molecular weight excluding hydrogens is 419 g/mol. The van der Waals surface area contributed by atoms with Crippen LogP contribution in [0.1, 0.15) is 27.2 Å². The second-order valence-electron chi connectivity index (χ2n) is 7.05. The molecule has 0 radical (unpaired) electrons. The van der Waals surface area contributed by atoms with Crippen molar-refractivity contribution in [1.82, 2.24) is 15.0 Å². The van der Waals surface area contributed by atoms with Crippen molar-refractivity contribution in [3.05, 3.63) is 77.5 Å². The predicted octanol–water partition coefficient (Wildman–Crippen LogP) is 3.43. The summed E-state index contributed by atoms with van der Waals surface area (Å²) in [5.41, 5.74) is -0.00150. The van der Waals surface area contributed by atoms with Crippen LogP contribution in [0.3, 0.4) is 0 Å². The topological polar surface area (TPSA) is 62.2 Å². The van der Waals surface area contributed by atoms with E-state index in [0.29, 0.717) is 43.3 Å². The zero-order valence-corrected chi connectivity index (χ0v) is 16.9. The molecule has 6 nitrogen and oxygen atoms in total. The standard InChI is InChI=1S/C23H18F3N5O/c24-23(25,26)21-18(16-32)3-1-5-20(21)30-11-13-31(14-12-30)22-17(4-2-8-29-22)6-7-19-15-27-9-10-28-19/h1-5,8-10,15-16H,11-14H2. The molecule has 3 aromatic rings. The number of nitrogens with zero attached hydrogens (tertiary/aromatic N) is 5. The van der Waals surface area contributed by atoms with Gasteiger partial charge in [0, 0.05) is 56.0 Å². The zero-order chi connectivity index (χ0) is 22.6. The molecule has 1 aromatic carbocycles. The molecule has 4 rings (SSSR count). The number of carbonyl (C=O) groups is 1. The highest BCUT2D eigenvalue weighted by Crippen LogP contribution is 2.39. The number of hydrogen-bond donors (Lipinski definition) is 0. The number of halogens is 3. The third-order valence-corrected chi connectivity index (χ3v) is 5.08. The molecule has 1 fully saturated rings. The Labute approximate surface area is 182 Å². The lowest BCUT2D eigenvalue weighted by Crippen LogP contribution is -2.47. The summed E-state index contributed by atoms with van der Waals surface area (Å²) in [6, 6.07) is 7.68. The molecule has 3 heterocycles. The first-order valence-electron chi connectivity index (χ1n) is 9.85. The molecule has 162 valence electrons. The van der Waals surface area contributed by atoms with E-state index in [-0.39, 0.29) is 17.5 Å². The van der Waals surface area contributed by atoms with E-state index in [1.807, 2.05) is 11.0 Å². The monoisotopic (exact) mass is 437 g/mol. The Hall–Kier alpha value is -3.93. The highest BCUT2D eigenvalue weighted by Gasteiger charge is 2.38. The summed E-state index contributed by atoms with van der Waals surface area (Å²) in [7, 11) is 0. The fraction of sp³-hybridized carbons (Fsp3) is 0.217. The lowest BCUT2D eigenvalue weighted by molar-refractivity contribution is -0.137. The molecule has 0 aliphatic carbocycles. The fourth-order valence-corrected chi connectivity index (χ4v) is 3.63. The summed E-state index contributed by atoms with van der Waals surface area (Å²) in [5.74, 6) is 6.68. The van der Waals surface area contributed by atoms with Crippen molar-refractivity contribution in [3.63, 3.8) is 0 Å². The smallest absolute Gasteiger partial charge is 0.367 e. The number of hydrogen-bond acceptors (Lipinski definition) is 6. The van der Waals surface area contributed by atoms with Crippen LogP contribution in [0, 0.1) is 11.8 Å². The summed E-state index contributed by atoms with van der Waals surface area (Å²) in [6.07, 6.45) is 1.97. The Morgan fingerprint density at radius 1 is 0.906 bits per heavy atom. The maximum absolute atomic E-state index is 13.6. The van der Waals surface area contributed by atoms with Crippen LogP contribution < -0.4 is 9.80 Å². The molecule has 0 N–H and O–H groups in total. The van der Waals surface area contributed by atoms with E-state index in [9.17, 15) is 18.0 Å². The molecule has 0 saturated carbocycles. The summed E-state index contributed by atoms with van der Waals surface area (Å²) in [6.45, 7) is 1.61. The first-order valence-corrected chi connectivity index (χ1v) is 9.85. The van der Waals surface area contributed by atoms with Crippen molar-refractivity contribution in [2.24, 2.45) is 0 Å². The molecule has 0 amide bonds. The molecule has 2 aromatic heterocycles. The van der Waals surface area contributed by atoms with E-state index < -0.39 is 11.7 Å². The Morgan fingerprint density at radius 2 is 1.69 bits per heavy atom. The van der Waals surface area contributed by atoms with E-state index in [0.717, 1.165) is 0 Å². The van der Waals surface area contributed by atoms with Crippen molar-refractivity contribution in [3.8, 4) is 11.8 Å². The number of rotatable bonds is 3. The van der Waals surface area contributed by atoms with Crippen LogP contribution in [0.4, 0.5) is 24.7 Å². The van der Waals surface area contributed by atoms with Gasteiger partial charge in [0.2, 0.25) is 0 Å². The summed E-state index contributed by atoms with van der Waals surface area (Å²) < 4.78 is 40.9. The highest BCUT2D eigenvalue weighted by atomic mass is 19.4. The second kappa shape index (κ2) is 9.06. The summed E-state index contributed by atoms with van der Waals surface area (Å²) >= 11 is 0. The molecule has 0 bridgehead atoms. The van der Waals surface area contributed by atoms with Crippen molar-refractivity contribution >= 4 is 17.8 Å². The van der Waals surface area contributed by atoms with Gasteiger partial charge in [0.1, 0.15) is 11.5 Å². The second-order valence-corrected chi connectivity index (χ2v) is 7.05. The van der Waals surface area contributed by atoms with E-state index in [2.05, 4.69) is 26.8 Å². The minimum Gasteiger partial charge on any atom is -0.367 e.